The van der Waals surface area contributed by atoms with Crippen LogP contribution in [-0.2, 0) is 9.78 Å². The van der Waals surface area contributed by atoms with E-state index in [0.29, 0.717) is 5.92 Å². The Morgan fingerprint density at radius 2 is 1.91 bits per heavy atom. The summed E-state index contributed by atoms with van der Waals surface area (Å²) in [7, 11) is 0. The average Bonchev–Trinajstić information content (AvgIpc) is 2.81. The molecular weight excluding hydrogens is 140 g/mol. The molecule has 0 saturated carbocycles. The van der Waals surface area contributed by atoms with Crippen LogP contribution in [0.2, 0.25) is 0 Å². The summed E-state index contributed by atoms with van der Waals surface area (Å²) < 4.78 is 0. The zero-order valence-corrected chi connectivity index (χ0v) is 7.51. The van der Waals surface area contributed by atoms with Crippen molar-refractivity contribution in [1.82, 2.24) is 0 Å². The smallest absolute Gasteiger partial charge is 0.198 e. The van der Waals surface area contributed by atoms with Crippen molar-refractivity contribution in [2.24, 2.45) is 5.92 Å². The van der Waals surface area contributed by atoms with Gasteiger partial charge in [0.25, 0.3) is 0 Å². The lowest BCUT2D eigenvalue weighted by Crippen LogP contribution is -2.06. The van der Waals surface area contributed by atoms with Gasteiger partial charge in [0.2, 0.25) is 6.29 Å². The van der Waals surface area contributed by atoms with Gasteiger partial charge in [0.05, 0.1) is 0 Å². The largest absolute Gasteiger partial charge is 0.227 e. The molecular formula is C9H18O2. The van der Waals surface area contributed by atoms with E-state index in [0.717, 1.165) is 0 Å². The van der Waals surface area contributed by atoms with Crippen LogP contribution in [0.1, 0.15) is 46.0 Å². The summed E-state index contributed by atoms with van der Waals surface area (Å²) in [6.07, 6.45) is 6.52. The van der Waals surface area contributed by atoms with E-state index in [1.807, 2.05) is 0 Å². The van der Waals surface area contributed by atoms with Gasteiger partial charge in [-0.1, -0.05) is 33.1 Å². The molecule has 2 heteroatoms. The highest BCUT2D eigenvalue weighted by atomic mass is 17.4. The highest BCUT2D eigenvalue weighted by molar-refractivity contribution is 4.63. The van der Waals surface area contributed by atoms with E-state index in [4.69, 9.17) is 9.78 Å². The molecule has 0 amide bonds. The summed E-state index contributed by atoms with van der Waals surface area (Å²) in [5.74, 6) is 0.640. The van der Waals surface area contributed by atoms with Crippen LogP contribution in [0.15, 0.2) is 0 Å². The van der Waals surface area contributed by atoms with E-state index in [2.05, 4.69) is 13.8 Å². The molecule has 0 bridgehead atoms. The Bertz CT molecular complexity index is 99.7. The van der Waals surface area contributed by atoms with Crippen molar-refractivity contribution in [3.63, 3.8) is 0 Å². The van der Waals surface area contributed by atoms with Gasteiger partial charge < -0.3 is 0 Å². The fourth-order valence-corrected chi connectivity index (χ4v) is 1.38. The summed E-state index contributed by atoms with van der Waals surface area (Å²) in [5.41, 5.74) is 0. The predicted molar refractivity (Wildman–Crippen MR) is 43.9 cm³/mol. The lowest BCUT2D eigenvalue weighted by Gasteiger charge is -2.07. The minimum atomic E-state index is 0.136. The first-order chi connectivity index (χ1) is 5.38. The SMILES string of the molecule is CCCCCC(CC)C1OO1. The van der Waals surface area contributed by atoms with Gasteiger partial charge in [-0.2, -0.15) is 9.78 Å². The van der Waals surface area contributed by atoms with Crippen molar-refractivity contribution >= 4 is 0 Å². The molecule has 1 unspecified atom stereocenters. The van der Waals surface area contributed by atoms with Crippen molar-refractivity contribution in [2.75, 3.05) is 0 Å². The maximum absolute atomic E-state index is 4.79. The highest BCUT2D eigenvalue weighted by Crippen LogP contribution is 2.29. The molecule has 1 rings (SSSR count). The van der Waals surface area contributed by atoms with Crippen molar-refractivity contribution < 1.29 is 9.78 Å². The maximum atomic E-state index is 4.79. The normalized spacial score (nSPS) is 20.2. The van der Waals surface area contributed by atoms with Crippen LogP contribution in [0.25, 0.3) is 0 Å². The Morgan fingerprint density at radius 3 is 2.36 bits per heavy atom. The Morgan fingerprint density at radius 1 is 1.18 bits per heavy atom. The summed E-state index contributed by atoms with van der Waals surface area (Å²) in [6, 6.07) is 0. The molecule has 1 aliphatic rings. The first-order valence-electron chi connectivity index (χ1n) is 4.70. The fourth-order valence-electron chi connectivity index (χ4n) is 1.38. The van der Waals surface area contributed by atoms with Gasteiger partial charge in [-0.15, -0.1) is 0 Å². The summed E-state index contributed by atoms with van der Waals surface area (Å²) in [5, 5.41) is 0. The molecule has 1 aliphatic heterocycles. The second kappa shape index (κ2) is 4.73. The van der Waals surface area contributed by atoms with Crippen molar-refractivity contribution in [3.05, 3.63) is 0 Å². The molecule has 0 aromatic carbocycles. The molecule has 1 atom stereocenters. The zero-order chi connectivity index (χ0) is 8.10. The maximum Gasteiger partial charge on any atom is 0.227 e. The van der Waals surface area contributed by atoms with Gasteiger partial charge in [0.1, 0.15) is 0 Å². The zero-order valence-electron chi connectivity index (χ0n) is 7.51. The van der Waals surface area contributed by atoms with Crippen LogP contribution in [0.4, 0.5) is 0 Å². The third-order valence-corrected chi connectivity index (χ3v) is 2.30. The molecule has 0 aromatic rings. The summed E-state index contributed by atoms with van der Waals surface area (Å²) in [6.45, 7) is 4.42. The van der Waals surface area contributed by atoms with Crippen LogP contribution >= 0.6 is 0 Å². The van der Waals surface area contributed by atoms with Gasteiger partial charge >= 0.3 is 0 Å². The molecule has 0 N–H and O–H groups in total. The van der Waals surface area contributed by atoms with Crippen LogP contribution < -0.4 is 0 Å². The van der Waals surface area contributed by atoms with Gasteiger partial charge in [0.15, 0.2) is 0 Å². The average molecular weight is 158 g/mol. The predicted octanol–water partition coefficient (Wildman–Crippen LogP) is 2.88. The van der Waals surface area contributed by atoms with Gasteiger partial charge in [-0.3, -0.25) is 0 Å². The second-order valence-corrected chi connectivity index (χ2v) is 3.22. The molecule has 0 radical (unpaired) electrons. The molecule has 1 saturated heterocycles. The quantitative estimate of drug-likeness (QED) is 0.337. The molecule has 0 spiro atoms. The number of hydrogen-bond acceptors (Lipinski definition) is 2. The fraction of sp³-hybridized carbons (Fsp3) is 1.00. The molecule has 2 nitrogen and oxygen atoms in total. The molecule has 0 aliphatic carbocycles. The Kier molecular flexibility index (Phi) is 3.87. The van der Waals surface area contributed by atoms with E-state index in [1.165, 1.54) is 32.1 Å². The van der Waals surface area contributed by atoms with Gasteiger partial charge in [-0.05, 0) is 12.8 Å². The Hall–Kier alpha value is -0.0800. The third-order valence-electron chi connectivity index (χ3n) is 2.30. The van der Waals surface area contributed by atoms with Crippen molar-refractivity contribution in [3.8, 4) is 0 Å². The van der Waals surface area contributed by atoms with E-state index < -0.39 is 0 Å². The first-order valence-corrected chi connectivity index (χ1v) is 4.70. The van der Waals surface area contributed by atoms with E-state index in [9.17, 15) is 0 Å². The molecule has 1 fully saturated rings. The Labute approximate surface area is 68.8 Å². The summed E-state index contributed by atoms with van der Waals surface area (Å²) >= 11 is 0. The van der Waals surface area contributed by atoms with Crippen LogP contribution in [0.5, 0.6) is 0 Å². The van der Waals surface area contributed by atoms with Crippen LogP contribution in [0, 0.1) is 5.92 Å². The topological polar surface area (TPSA) is 25.1 Å². The standard InChI is InChI=1S/C9H18O2/c1-3-5-6-7-8(4-2)9-10-11-9/h8-9H,3-7H2,1-2H3. The second-order valence-electron chi connectivity index (χ2n) is 3.22. The Balaban J connectivity index is 2.01. The van der Waals surface area contributed by atoms with Crippen molar-refractivity contribution in [1.29, 1.82) is 0 Å². The monoisotopic (exact) mass is 158 g/mol. The number of rotatable bonds is 6. The lowest BCUT2D eigenvalue weighted by molar-refractivity contribution is 0.0850. The van der Waals surface area contributed by atoms with E-state index in [-0.39, 0.29) is 6.29 Å². The van der Waals surface area contributed by atoms with Gasteiger partial charge in [-0.25, -0.2) is 0 Å². The first kappa shape index (κ1) is 9.01. The number of unbranched alkanes of at least 4 members (excludes halogenated alkanes) is 2. The van der Waals surface area contributed by atoms with Crippen LogP contribution in [0.3, 0.4) is 0 Å². The third kappa shape index (κ3) is 3.21. The van der Waals surface area contributed by atoms with Crippen molar-refractivity contribution in [2.45, 2.75) is 52.2 Å². The number of hydrogen-bond donors (Lipinski definition) is 0. The van der Waals surface area contributed by atoms with Gasteiger partial charge in [0, 0.05) is 5.92 Å². The summed E-state index contributed by atoms with van der Waals surface area (Å²) in [4.78, 5) is 9.58. The molecule has 66 valence electrons. The lowest BCUT2D eigenvalue weighted by atomic mass is 9.99. The minimum Gasteiger partial charge on any atom is -0.198 e. The van der Waals surface area contributed by atoms with E-state index in [1.54, 1.807) is 0 Å². The molecule has 0 aromatic heterocycles. The molecule has 1 heterocycles. The van der Waals surface area contributed by atoms with Crippen LogP contribution in [-0.4, -0.2) is 6.29 Å². The highest BCUT2D eigenvalue weighted by Gasteiger charge is 2.33. The minimum absolute atomic E-state index is 0.136. The molecule has 11 heavy (non-hydrogen) atoms. The van der Waals surface area contributed by atoms with E-state index >= 15 is 0 Å².